The third kappa shape index (κ3) is 2.40. The first kappa shape index (κ1) is 9.44. The molecule has 13 heavy (non-hydrogen) atoms. The lowest BCUT2D eigenvalue weighted by molar-refractivity contribution is -0.115. The molecule has 1 heterocycles. The number of nitrogen functional groups attached to an aromatic ring is 1. The average Bonchev–Trinajstić information content (AvgIpc) is 2.11. The van der Waals surface area contributed by atoms with Crippen molar-refractivity contribution in [2.24, 2.45) is 0 Å². The lowest BCUT2D eigenvalue weighted by atomic mass is 10.3. The van der Waals surface area contributed by atoms with Crippen molar-refractivity contribution in [1.29, 1.82) is 0 Å². The molecule has 4 nitrogen and oxygen atoms in total. The van der Waals surface area contributed by atoms with Crippen molar-refractivity contribution in [3.05, 3.63) is 18.1 Å². The first-order valence-electron chi connectivity index (χ1n) is 3.85. The van der Waals surface area contributed by atoms with E-state index in [9.17, 15) is 9.18 Å². The molecule has 1 amide bonds. The van der Waals surface area contributed by atoms with Crippen LogP contribution in [0.2, 0.25) is 0 Å². The third-order valence-electron chi connectivity index (χ3n) is 1.47. The van der Waals surface area contributed by atoms with Gasteiger partial charge in [-0.15, -0.1) is 0 Å². The van der Waals surface area contributed by atoms with E-state index in [1.54, 1.807) is 6.92 Å². The summed E-state index contributed by atoms with van der Waals surface area (Å²) in [5.74, 6) is -0.836. The zero-order valence-corrected chi connectivity index (χ0v) is 7.17. The molecule has 0 aliphatic carbocycles. The molecule has 1 rings (SSSR count). The standard InChI is InChI=1S/C8H10FN3O/c1-2-7(13)12-8-5(10)3-4-6(9)11-8/h3-4H,2,10H2,1H3,(H,11,12,13). The quantitative estimate of drug-likeness (QED) is 0.676. The van der Waals surface area contributed by atoms with Crippen molar-refractivity contribution in [1.82, 2.24) is 4.98 Å². The highest BCUT2D eigenvalue weighted by atomic mass is 19.1. The van der Waals surface area contributed by atoms with Crippen LogP contribution in [-0.4, -0.2) is 10.9 Å². The number of amides is 1. The number of nitrogens with two attached hydrogens (primary N) is 1. The Balaban J connectivity index is 2.87. The molecule has 0 atom stereocenters. The zero-order chi connectivity index (χ0) is 9.84. The maximum absolute atomic E-state index is 12.6. The Hall–Kier alpha value is -1.65. The second kappa shape index (κ2) is 3.84. The van der Waals surface area contributed by atoms with Crippen molar-refractivity contribution < 1.29 is 9.18 Å². The van der Waals surface area contributed by atoms with E-state index in [0.29, 0.717) is 6.42 Å². The SMILES string of the molecule is CCC(=O)Nc1nc(F)ccc1N. The van der Waals surface area contributed by atoms with E-state index in [2.05, 4.69) is 10.3 Å². The first-order chi connectivity index (χ1) is 6.13. The number of halogens is 1. The van der Waals surface area contributed by atoms with Crippen molar-refractivity contribution in [3.8, 4) is 0 Å². The van der Waals surface area contributed by atoms with Crippen LogP contribution < -0.4 is 11.1 Å². The lowest BCUT2D eigenvalue weighted by Crippen LogP contribution is -2.13. The number of nitrogens with one attached hydrogen (secondary N) is 1. The monoisotopic (exact) mass is 183 g/mol. The number of nitrogens with zero attached hydrogens (tertiary/aromatic N) is 1. The number of hydrogen-bond acceptors (Lipinski definition) is 3. The highest BCUT2D eigenvalue weighted by Crippen LogP contribution is 2.14. The number of aromatic nitrogens is 1. The Labute approximate surface area is 75.0 Å². The van der Waals surface area contributed by atoms with Gasteiger partial charge in [-0.05, 0) is 12.1 Å². The van der Waals surface area contributed by atoms with Crippen LogP contribution in [0.4, 0.5) is 15.9 Å². The van der Waals surface area contributed by atoms with Crippen LogP contribution in [0.1, 0.15) is 13.3 Å². The second-order valence-electron chi connectivity index (χ2n) is 2.47. The van der Waals surface area contributed by atoms with Gasteiger partial charge >= 0.3 is 0 Å². The zero-order valence-electron chi connectivity index (χ0n) is 7.17. The van der Waals surface area contributed by atoms with Gasteiger partial charge in [0.15, 0.2) is 5.82 Å². The normalized spacial score (nSPS) is 9.69. The van der Waals surface area contributed by atoms with E-state index < -0.39 is 5.95 Å². The minimum atomic E-state index is -0.666. The van der Waals surface area contributed by atoms with E-state index in [4.69, 9.17) is 5.73 Å². The van der Waals surface area contributed by atoms with E-state index in [1.807, 2.05) is 0 Å². The van der Waals surface area contributed by atoms with Crippen LogP contribution in [0.3, 0.4) is 0 Å². The van der Waals surface area contributed by atoms with Gasteiger partial charge in [-0.2, -0.15) is 9.37 Å². The third-order valence-corrected chi connectivity index (χ3v) is 1.47. The smallest absolute Gasteiger partial charge is 0.225 e. The molecule has 0 bridgehead atoms. The van der Waals surface area contributed by atoms with Gasteiger partial charge in [-0.3, -0.25) is 4.79 Å². The molecule has 0 saturated heterocycles. The summed E-state index contributed by atoms with van der Waals surface area (Å²) in [5, 5.41) is 2.39. The molecule has 3 N–H and O–H groups in total. The molecule has 0 unspecified atom stereocenters. The Kier molecular flexibility index (Phi) is 2.79. The molecule has 5 heteroatoms. The van der Waals surface area contributed by atoms with Crippen LogP contribution in [0, 0.1) is 5.95 Å². The lowest BCUT2D eigenvalue weighted by Gasteiger charge is -2.04. The molecular weight excluding hydrogens is 173 g/mol. The molecule has 70 valence electrons. The van der Waals surface area contributed by atoms with Gasteiger partial charge in [0.25, 0.3) is 0 Å². The van der Waals surface area contributed by atoms with Gasteiger partial charge in [0.1, 0.15) is 0 Å². The predicted molar refractivity (Wildman–Crippen MR) is 47.5 cm³/mol. The Bertz CT molecular complexity index is 327. The van der Waals surface area contributed by atoms with Crippen LogP contribution in [0.15, 0.2) is 12.1 Å². The molecule has 0 saturated carbocycles. The first-order valence-corrected chi connectivity index (χ1v) is 3.85. The predicted octanol–water partition coefficient (Wildman–Crippen LogP) is 1.15. The summed E-state index contributed by atoms with van der Waals surface area (Å²) in [6.45, 7) is 1.69. The van der Waals surface area contributed by atoms with Gasteiger partial charge in [0.05, 0.1) is 5.69 Å². The van der Waals surface area contributed by atoms with Gasteiger partial charge < -0.3 is 11.1 Å². The summed E-state index contributed by atoms with van der Waals surface area (Å²) >= 11 is 0. The number of carbonyl (C=O) groups is 1. The van der Waals surface area contributed by atoms with Crippen molar-refractivity contribution in [2.75, 3.05) is 11.1 Å². The summed E-state index contributed by atoms with van der Waals surface area (Å²) in [6.07, 6.45) is 0.303. The van der Waals surface area contributed by atoms with E-state index in [-0.39, 0.29) is 17.4 Å². The topological polar surface area (TPSA) is 68.0 Å². The molecule has 0 aliphatic rings. The number of carbonyl (C=O) groups excluding carboxylic acids is 1. The minimum absolute atomic E-state index is 0.0758. The number of hydrogen-bond donors (Lipinski definition) is 2. The van der Waals surface area contributed by atoms with Crippen molar-refractivity contribution >= 4 is 17.4 Å². The van der Waals surface area contributed by atoms with Crippen LogP contribution in [0.5, 0.6) is 0 Å². The van der Waals surface area contributed by atoms with Crippen LogP contribution in [0.25, 0.3) is 0 Å². The number of rotatable bonds is 2. The molecule has 1 aromatic rings. The maximum Gasteiger partial charge on any atom is 0.225 e. The summed E-state index contributed by atoms with van der Waals surface area (Å²) in [5.41, 5.74) is 5.70. The van der Waals surface area contributed by atoms with E-state index >= 15 is 0 Å². The fraction of sp³-hybridized carbons (Fsp3) is 0.250. The molecule has 0 spiro atoms. The van der Waals surface area contributed by atoms with E-state index in [0.717, 1.165) is 6.07 Å². The number of anilines is 2. The largest absolute Gasteiger partial charge is 0.396 e. The molecule has 0 fully saturated rings. The Morgan fingerprint density at radius 3 is 3.00 bits per heavy atom. The maximum atomic E-state index is 12.6. The van der Waals surface area contributed by atoms with Crippen molar-refractivity contribution in [2.45, 2.75) is 13.3 Å². The minimum Gasteiger partial charge on any atom is -0.396 e. The Morgan fingerprint density at radius 2 is 2.38 bits per heavy atom. The summed E-state index contributed by atoms with van der Waals surface area (Å²) < 4.78 is 12.6. The summed E-state index contributed by atoms with van der Waals surface area (Å²) in [7, 11) is 0. The van der Waals surface area contributed by atoms with Crippen LogP contribution >= 0.6 is 0 Å². The second-order valence-corrected chi connectivity index (χ2v) is 2.47. The molecule has 0 aromatic carbocycles. The summed E-state index contributed by atoms with van der Waals surface area (Å²) in [6, 6.07) is 2.49. The molecule has 0 radical (unpaired) electrons. The fourth-order valence-electron chi connectivity index (χ4n) is 0.767. The van der Waals surface area contributed by atoms with Crippen molar-refractivity contribution in [3.63, 3.8) is 0 Å². The highest BCUT2D eigenvalue weighted by molar-refractivity contribution is 5.92. The highest BCUT2D eigenvalue weighted by Gasteiger charge is 2.05. The van der Waals surface area contributed by atoms with E-state index in [1.165, 1.54) is 6.07 Å². The number of pyridine rings is 1. The summed E-state index contributed by atoms with van der Waals surface area (Å²) in [4.78, 5) is 14.4. The fourth-order valence-corrected chi connectivity index (χ4v) is 0.767. The average molecular weight is 183 g/mol. The van der Waals surface area contributed by atoms with Gasteiger partial charge in [-0.25, -0.2) is 0 Å². The molecule has 1 aromatic heterocycles. The molecular formula is C8H10FN3O. The van der Waals surface area contributed by atoms with Crippen LogP contribution in [-0.2, 0) is 4.79 Å². The van der Waals surface area contributed by atoms with Gasteiger partial charge in [0.2, 0.25) is 11.9 Å². The Morgan fingerprint density at radius 1 is 1.69 bits per heavy atom. The van der Waals surface area contributed by atoms with Gasteiger partial charge in [0, 0.05) is 6.42 Å². The van der Waals surface area contributed by atoms with Gasteiger partial charge in [-0.1, -0.05) is 6.92 Å². The molecule has 0 aliphatic heterocycles.